The number of aromatic nitrogens is 2. The van der Waals surface area contributed by atoms with Crippen LogP contribution in [0.15, 0.2) is 90.3 Å². The number of carbonyl (C=O) groups excluding carboxylic acids is 2. The smallest absolute Gasteiger partial charge is 0.283 e. The van der Waals surface area contributed by atoms with Crippen LogP contribution in [0.1, 0.15) is 16.7 Å². The van der Waals surface area contributed by atoms with Gasteiger partial charge >= 0.3 is 0 Å². The summed E-state index contributed by atoms with van der Waals surface area (Å²) >= 11 is 6.07. The number of halogens is 1. The number of amides is 2. The highest BCUT2D eigenvalue weighted by atomic mass is 35.5. The van der Waals surface area contributed by atoms with Crippen molar-refractivity contribution in [3.63, 3.8) is 0 Å². The van der Waals surface area contributed by atoms with Crippen LogP contribution in [0.3, 0.4) is 0 Å². The summed E-state index contributed by atoms with van der Waals surface area (Å²) in [5, 5.41) is 7.45. The van der Waals surface area contributed by atoms with E-state index in [9.17, 15) is 9.59 Å². The van der Waals surface area contributed by atoms with E-state index in [4.69, 9.17) is 11.6 Å². The third kappa shape index (κ3) is 3.16. The molecule has 3 heterocycles. The van der Waals surface area contributed by atoms with Crippen molar-refractivity contribution in [1.29, 1.82) is 0 Å². The Bertz CT molecular complexity index is 1580. The summed E-state index contributed by atoms with van der Waals surface area (Å²) in [6, 6.07) is 22.4. The monoisotopic (exact) mass is 464 g/mol. The fourth-order valence-electron chi connectivity index (χ4n) is 4.39. The van der Waals surface area contributed by atoms with Crippen molar-refractivity contribution in [3.8, 4) is 0 Å². The highest BCUT2D eigenvalue weighted by molar-refractivity contribution is 6.50. The zero-order chi connectivity index (χ0) is 23.2. The summed E-state index contributed by atoms with van der Waals surface area (Å²) < 4.78 is 0. The molecule has 2 amide bonds. The first-order chi connectivity index (χ1) is 16.6. The van der Waals surface area contributed by atoms with Crippen molar-refractivity contribution < 1.29 is 9.59 Å². The summed E-state index contributed by atoms with van der Waals surface area (Å²) in [5.74, 6) is -0.957. The number of hydrazone groups is 1. The molecule has 0 saturated heterocycles. The maximum Gasteiger partial charge on any atom is 0.283 e. The molecule has 6 rings (SSSR count). The van der Waals surface area contributed by atoms with Gasteiger partial charge in [0, 0.05) is 50.3 Å². The Hall–Kier alpha value is -4.42. The maximum atomic E-state index is 13.7. The molecule has 6 nitrogen and oxygen atoms in total. The summed E-state index contributed by atoms with van der Waals surface area (Å²) in [6.45, 7) is 0. The fourth-order valence-corrected chi connectivity index (χ4v) is 4.59. The molecule has 0 radical (unpaired) electrons. The zero-order valence-corrected chi connectivity index (χ0v) is 18.5. The van der Waals surface area contributed by atoms with Crippen molar-refractivity contribution in [3.05, 3.63) is 107 Å². The third-order valence-electron chi connectivity index (χ3n) is 5.95. The highest BCUT2D eigenvalue weighted by Gasteiger charge is 2.41. The highest BCUT2D eigenvalue weighted by Crippen LogP contribution is 2.40. The van der Waals surface area contributed by atoms with E-state index >= 15 is 0 Å². The van der Waals surface area contributed by atoms with Gasteiger partial charge in [-0.05, 0) is 29.8 Å². The molecule has 34 heavy (non-hydrogen) atoms. The molecule has 7 heteroatoms. The van der Waals surface area contributed by atoms with E-state index in [1.165, 1.54) is 6.21 Å². The van der Waals surface area contributed by atoms with E-state index < -0.39 is 11.8 Å². The van der Waals surface area contributed by atoms with E-state index in [1.807, 2.05) is 48.5 Å². The van der Waals surface area contributed by atoms with Crippen molar-refractivity contribution in [2.24, 2.45) is 5.10 Å². The summed E-state index contributed by atoms with van der Waals surface area (Å²) in [7, 11) is 0. The Morgan fingerprint density at radius 3 is 1.85 bits per heavy atom. The predicted molar refractivity (Wildman–Crippen MR) is 134 cm³/mol. The van der Waals surface area contributed by atoms with Crippen LogP contribution in [-0.2, 0) is 9.59 Å². The van der Waals surface area contributed by atoms with Gasteiger partial charge in [0.15, 0.2) is 0 Å². The number of hydrogen-bond acceptors (Lipinski definition) is 3. The van der Waals surface area contributed by atoms with Crippen LogP contribution in [0.4, 0.5) is 0 Å². The lowest BCUT2D eigenvalue weighted by molar-refractivity contribution is -0.135. The first kappa shape index (κ1) is 20.2. The van der Waals surface area contributed by atoms with Gasteiger partial charge in [-0.25, -0.2) is 0 Å². The minimum Gasteiger partial charge on any atom is -0.361 e. The van der Waals surface area contributed by atoms with E-state index in [-0.39, 0.29) is 0 Å². The standard InChI is InChI=1S/C27H17ClN4O2/c28-17-7-5-6-16(12-17)13-31-32-26(33)24(20-14-29-22-10-3-1-8-18(20)22)25(27(32)34)21-15-30-23-11-4-2-9-19(21)23/h1-15,29-30H/b31-13+. The molecular weight excluding hydrogens is 448 g/mol. The molecule has 0 unspecified atom stereocenters. The summed E-state index contributed by atoms with van der Waals surface area (Å²) in [6.07, 6.45) is 5.00. The summed E-state index contributed by atoms with van der Waals surface area (Å²) in [4.78, 5) is 33.8. The average Bonchev–Trinajstić information content (AvgIpc) is 3.52. The van der Waals surface area contributed by atoms with Gasteiger partial charge in [0.05, 0.1) is 17.4 Å². The first-order valence-electron chi connectivity index (χ1n) is 10.7. The third-order valence-corrected chi connectivity index (χ3v) is 6.19. The van der Waals surface area contributed by atoms with Gasteiger partial charge in [0.2, 0.25) is 0 Å². The number of hydrogen-bond donors (Lipinski definition) is 2. The van der Waals surface area contributed by atoms with E-state index in [2.05, 4.69) is 15.1 Å². The Balaban J connectivity index is 1.54. The number of aromatic amines is 2. The molecule has 2 N–H and O–H groups in total. The van der Waals surface area contributed by atoms with Crippen molar-refractivity contribution in [2.75, 3.05) is 0 Å². The Morgan fingerprint density at radius 2 is 1.29 bits per heavy atom. The number of rotatable bonds is 4. The SMILES string of the molecule is O=C1C(c2c[nH]c3ccccc23)=C(c2c[nH]c3ccccc23)C(=O)N1/N=C/c1cccc(Cl)c1. The maximum absolute atomic E-state index is 13.7. The predicted octanol–water partition coefficient (Wildman–Crippen LogP) is 5.62. The van der Waals surface area contributed by atoms with Gasteiger partial charge in [-0.15, -0.1) is 0 Å². The Morgan fingerprint density at radius 1 is 0.735 bits per heavy atom. The van der Waals surface area contributed by atoms with Gasteiger partial charge in [-0.1, -0.05) is 60.1 Å². The van der Waals surface area contributed by atoms with Crippen LogP contribution in [-0.4, -0.2) is 33.0 Å². The van der Waals surface area contributed by atoms with Crippen LogP contribution in [0, 0.1) is 0 Å². The van der Waals surface area contributed by atoms with E-state index in [0.29, 0.717) is 32.9 Å². The molecule has 2 aromatic heterocycles. The van der Waals surface area contributed by atoms with Crippen molar-refractivity contribution >= 4 is 62.6 Å². The quantitative estimate of drug-likeness (QED) is 0.267. The topological polar surface area (TPSA) is 81.3 Å². The lowest BCUT2D eigenvalue weighted by atomic mass is 9.95. The van der Waals surface area contributed by atoms with Crippen LogP contribution in [0.5, 0.6) is 0 Å². The normalized spacial score (nSPS) is 14.4. The Labute approximate surface area is 199 Å². The lowest BCUT2D eigenvalue weighted by Crippen LogP contribution is -2.26. The average molecular weight is 465 g/mol. The van der Waals surface area contributed by atoms with Crippen LogP contribution < -0.4 is 0 Å². The van der Waals surface area contributed by atoms with Gasteiger partial charge in [0.1, 0.15) is 0 Å². The molecule has 0 aliphatic carbocycles. The minimum atomic E-state index is -0.478. The zero-order valence-electron chi connectivity index (χ0n) is 17.7. The molecular formula is C27H17ClN4O2. The molecule has 0 atom stereocenters. The number of carbonyl (C=O) groups is 2. The number of benzene rings is 3. The number of fused-ring (bicyclic) bond motifs is 2. The molecule has 5 aromatic rings. The second kappa shape index (κ2) is 7.86. The number of imide groups is 1. The van der Waals surface area contributed by atoms with E-state index in [1.54, 1.807) is 36.7 Å². The Kier molecular flexibility index (Phi) is 4.67. The fraction of sp³-hybridized carbons (Fsp3) is 0. The molecule has 0 bridgehead atoms. The molecule has 0 fully saturated rings. The number of nitrogens with one attached hydrogen (secondary N) is 2. The van der Waals surface area contributed by atoms with Gasteiger partial charge in [0.25, 0.3) is 11.8 Å². The second-order valence-electron chi connectivity index (χ2n) is 7.97. The van der Waals surface area contributed by atoms with Gasteiger partial charge < -0.3 is 9.97 Å². The molecule has 0 saturated carbocycles. The van der Waals surface area contributed by atoms with Crippen LogP contribution >= 0.6 is 11.6 Å². The largest absolute Gasteiger partial charge is 0.361 e. The minimum absolute atomic E-state index is 0.315. The molecule has 164 valence electrons. The number of nitrogens with zero attached hydrogens (tertiary/aromatic N) is 2. The molecule has 3 aromatic carbocycles. The molecule has 1 aliphatic rings. The van der Waals surface area contributed by atoms with Crippen LogP contribution in [0.2, 0.25) is 5.02 Å². The summed E-state index contributed by atoms with van der Waals surface area (Å²) in [5.41, 5.74) is 4.39. The van der Waals surface area contributed by atoms with Gasteiger partial charge in [-0.2, -0.15) is 10.1 Å². The van der Waals surface area contributed by atoms with Crippen molar-refractivity contribution in [2.45, 2.75) is 0 Å². The van der Waals surface area contributed by atoms with E-state index in [0.717, 1.165) is 26.8 Å². The molecule has 1 aliphatic heterocycles. The first-order valence-corrected chi connectivity index (χ1v) is 11.1. The second-order valence-corrected chi connectivity index (χ2v) is 8.40. The number of para-hydroxylation sites is 2. The molecule has 0 spiro atoms. The lowest BCUT2D eigenvalue weighted by Gasteiger charge is -2.08. The number of H-pyrrole nitrogens is 2. The van der Waals surface area contributed by atoms with Crippen LogP contribution in [0.25, 0.3) is 33.0 Å². The van der Waals surface area contributed by atoms with Crippen molar-refractivity contribution in [1.82, 2.24) is 15.0 Å². The van der Waals surface area contributed by atoms with Gasteiger partial charge in [-0.3, -0.25) is 9.59 Å².